The Morgan fingerprint density at radius 3 is 2.39 bits per heavy atom. The molecule has 2 unspecified atom stereocenters. The second kappa shape index (κ2) is 4.53. The molecule has 102 valence electrons. The van der Waals surface area contributed by atoms with E-state index in [2.05, 4.69) is 25.7 Å². The Balaban J connectivity index is 2.10. The van der Waals surface area contributed by atoms with E-state index in [0.29, 0.717) is 31.8 Å². The second-order valence-corrected chi connectivity index (χ2v) is 6.37. The van der Waals surface area contributed by atoms with Crippen LogP contribution < -0.4 is 0 Å². The molecule has 0 spiro atoms. The molecule has 5 heteroatoms. The van der Waals surface area contributed by atoms with Gasteiger partial charge >= 0.3 is 6.09 Å². The van der Waals surface area contributed by atoms with Crippen LogP contribution in [0.4, 0.5) is 4.79 Å². The topological polar surface area (TPSA) is 60.9 Å². The lowest BCUT2D eigenvalue weighted by atomic mass is 9.82. The van der Waals surface area contributed by atoms with Crippen molar-refractivity contribution in [3.63, 3.8) is 0 Å². The Bertz CT molecular complexity index is 362. The Kier molecular flexibility index (Phi) is 3.36. The third-order valence-corrected chi connectivity index (χ3v) is 4.13. The van der Waals surface area contributed by atoms with Crippen molar-refractivity contribution in [3.8, 4) is 0 Å². The van der Waals surface area contributed by atoms with E-state index in [-0.39, 0.29) is 17.5 Å². The van der Waals surface area contributed by atoms with Crippen LogP contribution in [-0.2, 0) is 4.79 Å². The Labute approximate surface area is 108 Å². The largest absolute Gasteiger partial charge is 0.465 e. The maximum atomic E-state index is 11.5. The van der Waals surface area contributed by atoms with Crippen LogP contribution >= 0.6 is 0 Å². The van der Waals surface area contributed by atoms with Gasteiger partial charge in [0.05, 0.1) is 12.1 Å². The first-order valence-electron chi connectivity index (χ1n) is 6.57. The van der Waals surface area contributed by atoms with Crippen LogP contribution in [0, 0.1) is 5.41 Å². The fraction of sp³-hybridized carbons (Fsp3) is 0.846. The van der Waals surface area contributed by atoms with E-state index in [0.717, 1.165) is 6.42 Å². The van der Waals surface area contributed by atoms with Crippen molar-refractivity contribution in [3.05, 3.63) is 0 Å². The van der Waals surface area contributed by atoms with Crippen molar-refractivity contribution in [2.75, 3.05) is 19.6 Å². The molecular weight excluding hydrogens is 232 g/mol. The number of hydrogen-bond acceptors (Lipinski definition) is 3. The highest BCUT2D eigenvalue weighted by molar-refractivity contribution is 5.89. The predicted octanol–water partition coefficient (Wildman–Crippen LogP) is 1.43. The maximum absolute atomic E-state index is 11.5. The minimum absolute atomic E-state index is 0.0443. The monoisotopic (exact) mass is 254 g/mol. The van der Waals surface area contributed by atoms with Crippen molar-refractivity contribution in [2.45, 2.75) is 45.7 Å². The zero-order valence-corrected chi connectivity index (χ0v) is 11.3. The number of carboxylic acid groups (broad SMARTS) is 1. The van der Waals surface area contributed by atoms with Crippen LogP contribution in [0.15, 0.2) is 0 Å². The molecule has 2 aliphatic rings. The molecule has 5 nitrogen and oxygen atoms in total. The normalized spacial score (nSPS) is 30.2. The lowest BCUT2D eigenvalue weighted by Crippen LogP contribution is -2.63. The summed E-state index contributed by atoms with van der Waals surface area (Å²) in [5.74, 6) is 0.312. The average Bonchev–Trinajstić information content (AvgIpc) is 2.25. The SMILES string of the molecule is CC(C)(C)C1CN(C2CCC2=O)CCN1C(=O)O. The summed E-state index contributed by atoms with van der Waals surface area (Å²) in [4.78, 5) is 26.5. The summed E-state index contributed by atoms with van der Waals surface area (Å²) in [6.45, 7) is 8.02. The van der Waals surface area contributed by atoms with Gasteiger partial charge in [0.1, 0.15) is 5.78 Å². The van der Waals surface area contributed by atoms with Crippen LogP contribution in [0.2, 0.25) is 0 Å². The summed E-state index contributed by atoms with van der Waals surface area (Å²) >= 11 is 0. The zero-order chi connectivity index (χ0) is 13.5. The molecule has 2 atom stereocenters. The van der Waals surface area contributed by atoms with Crippen molar-refractivity contribution < 1.29 is 14.7 Å². The van der Waals surface area contributed by atoms with Gasteiger partial charge in [0.25, 0.3) is 0 Å². The lowest BCUT2D eigenvalue weighted by Gasteiger charge is -2.49. The van der Waals surface area contributed by atoms with E-state index in [1.807, 2.05) is 0 Å². The molecule has 1 heterocycles. The van der Waals surface area contributed by atoms with E-state index >= 15 is 0 Å². The van der Waals surface area contributed by atoms with Crippen LogP contribution in [0.25, 0.3) is 0 Å². The minimum Gasteiger partial charge on any atom is -0.465 e. The van der Waals surface area contributed by atoms with E-state index in [1.54, 1.807) is 0 Å². The smallest absolute Gasteiger partial charge is 0.407 e. The number of amides is 1. The van der Waals surface area contributed by atoms with E-state index in [9.17, 15) is 14.7 Å². The molecule has 2 rings (SSSR count). The molecule has 0 aromatic heterocycles. The van der Waals surface area contributed by atoms with Crippen LogP contribution in [0.1, 0.15) is 33.6 Å². The zero-order valence-electron chi connectivity index (χ0n) is 11.3. The van der Waals surface area contributed by atoms with Crippen molar-refractivity contribution >= 4 is 11.9 Å². The quantitative estimate of drug-likeness (QED) is 0.769. The van der Waals surface area contributed by atoms with Gasteiger partial charge in [-0.25, -0.2) is 4.79 Å². The molecule has 2 fully saturated rings. The summed E-state index contributed by atoms with van der Waals surface area (Å²) in [7, 11) is 0. The third kappa shape index (κ3) is 2.36. The van der Waals surface area contributed by atoms with E-state index in [1.165, 1.54) is 4.90 Å². The van der Waals surface area contributed by atoms with Gasteiger partial charge in [0, 0.05) is 26.1 Å². The molecule has 1 aliphatic heterocycles. The van der Waals surface area contributed by atoms with Gasteiger partial charge in [0.15, 0.2) is 0 Å². The predicted molar refractivity (Wildman–Crippen MR) is 67.6 cm³/mol. The second-order valence-electron chi connectivity index (χ2n) is 6.37. The maximum Gasteiger partial charge on any atom is 0.407 e. The van der Waals surface area contributed by atoms with E-state index < -0.39 is 6.09 Å². The van der Waals surface area contributed by atoms with Crippen molar-refractivity contribution in [2.24, 2.45) is 5.41 Å². The average molecular weight is 254 g/mol. The van der Waals surface area contributed by atoms with Gasteiger partial charge < -0.3 is 10.0 Å². The standard InChI is InChI=1S/C13H22N2O3/c1-13(2,3)11-8-14(9-4-5-10(9)16)6-7-15(11)12(17)18/h9,11H,4-8H2,1-3H3,(H,17,18). The highest BCUT2D eigenvalue weighted by Crippen LogP contribution is 2.31. The molecular formula is C13H22N2O3. The number of nitrogens with zero attached hydrogens (tertiary/aromatic N) is 2. The van der Waals surface area contributed by atoms with Crippen LogP contribution in [0.5, 0.6) is 0 Å². The Hall–Kier alpha value is -1.10. The molecule has 0 radical (unpaired) electrons. The molecule has 0 bridgehead atoms. The van der Waals surface area contributed by atoms with Gasteiger partial charge in [0.2, 0.25) is 0 Å². The Morgan fingerprint density at radius 2 is 2.00 bits per heavy atom. The third-order valence-electron chi connectivity index (χ3n) is 4.13. The van der Waals surface area contributed by atoms with Crippen LogP contribution in [0.3, 0.4) is 0 Å². The van der Waals surface area contributed by atoms with Crippen LogP contribution in [-0.4, -0.2) is 58.5 Å². The Morgan fingerprint density at radius 1 is 1.33 bits per heavy atom. The number of piperazine rings is 1. The molecule has 18 heavy (non-hydrogen) atoms. The van der Waals surface area contributed by atoms with Gasteiger partial charge in [-0.3, -0.25) is 9.69 Å². The lowest BCUT2D eigenvalue weighted by molar-refractivity contribution is -0.133. The number of rotatable bonds is 1. The first kappa shape index (κ1) is 13.3. The summed E-state index contributed by atoms with van der Waals surface area (Å²) in [6, 6.07) is 0.00273. The first-order valence-corrected chi connectivity index (χ1v) is 6.57. The molecule has 1 N–H and O–H groups in total. The number of ketones is 1. The molecule has 0 aromatic carbocycles. The summed E-state index contributed by atoms with van der Waals surface area (Å²) in [5.41, 5.74) is -0.107. The number of hydrogen-bond donors (Lipinski definition) is 1. The molecule has 1 aliphatic carbocycles. The summed E-state index contributed by atoms with van der Waals surface area (Å²) in [5, 5.41) is 9.26. The number of carbonyl (C=O) groups excluding carboxylic acids is 1. The molecule has 0 aromatic rings. The van der Waals surface area contributed by atoms with Gasteiger partial charge in [-0.15, -0.1) is 0 Å². The number of Topliss-reactive ketones (excluding diaryl/α,β-unsaturated/α-hetero) is 1. The van der Waals surface area contributed by atoms with Crippen molar-refractivity contribution in [1.29, 1.82) is 0 Å². The van der Waals surface area contributed by atoms with Gasteiger partial charge in [-0.1, -0.05) is 20.8 Å². The van der Waals surface area contributed by atoms with Gasteiger partial charge in [-0.05, 0) is 11.8 Å². The highest BCUT2D eigenvalue weighted by atomic mass is 16.4. The first-order chi connectivity index (χ1) is 8.30. The summed E-state index contributed by atoms with van der Waals surface area (Å²) in [6.07, 6.45) is 0.766. The highest BCUT2D eigenvalue weighted by Gasteiger charge is 2.42. The minimum atomic E-state index is -0.852. The van der Waals surface area contributed by atoms with Gasteiger partial charge in [-0.2, -0.15) is 0 Å². The fourth-order valence-electron chi connectivity index (χ4n) is 2.83. The molecule has 1 saturated carbocycles. The fourth-order valence-corrected chi connectivity index (χ4v) is 2.83. The molecule has 1 amide bonds. The van der Waals surface area contributed by atoms with Crippen molar-refractivity contribution in [1.82, 2.24) is 9.80 Å². The van der Waals surface area contributed by atoms with E-state index in [4.69, 9.17) is 0 Å². The summed E-state index contributed by atoms with van der Waals surface area (Å²) < 4.78 is 0. The number of carbonyl (C=O) groups is 2. The molecule has 1 saturated heterocycles.